The molecule has 1 aromatic heterocycles. The summed E-state index contributed by atoms with van der Waals surface area (Å²) in [5.74, 6) is 0. The first-order chi connectivity index (χ1) is 7.66. The number of hydrogen-bond acceptors (Lipinski definition) is 3. The van der Waals surface area contributed by atoms with Gasteiger partial charge in [-0.2, -0.15) is 5.10 Å². The summed E-state index contributed by atoms with van der Waals surface area (Å²) in [6.07, 6.45) is 3.17. The van der Waals surface area contributed by atoms with Crippen LogP contribution < -0.4 is 5.32 Å². The molecule has 0 bridgehead atoms. The number of hydrogen-bond donors (Lipinski definition) is 2. The maximum absolute atomic E-state index is 4.03. The van der Waals surface area contributed by atoms with Crippen molar-refractivity contribution in [3.63, 3.8) is 0 Å². The van der Waals surface area contributed by atoms with Crippen LogP contribution >= 0.6 is 0 Å². The van der Waals surface area contributed by atoms with Gasteiger partial charge in [0.2, 0.25) is 0 Å². The highest BCUT2D eigenvalue weighted by Crippen LogP contribution is 2.13. The summed E-state index contributed by atoms with van der Waals surface area (Å²) in [5, 5.41) is 10.6. The van der Waals surface area contributed by atoms with Crippen LogP contribution in [0.2, 0.25) is 0 Å². The highest BCUT2D eigenvalue weighted by Gasteiger charge is 2.23. The van der Waals surface area contributed by atoms with E-state index in [1.165, 1.54) is 30.8 Å². The SMILES string of the molecule is Cc1[nH]ncc1CNC1CCN(C(C)C)C1. The van der Waals surface area contributed by atoms with Gasteiger partial charge in [0.1, 0.15) is 0 Å². The molecule has 0 amide bonds. The van der Waals surface area contributed by atoms with Crippen LogP contribution in [-0.4, -0.2) is 40.3 Å². The molecular formula is C12H22N4. The van der Waals surface area contributed by atoms with Crippen molar-refractivity contribution in [3.8, 4) is 0 Å². The molecule has 1 aliphatic rings. The Morgan fingerprint density at radius 2 is 2.44 bits per heavy atom. The lowest BCUT2D eigenvalue weighted by molar-refractivity contribution is 0.268. The van der Waals surface area contributed by atoms with Crippen molar-refractivity contribution in [1.29, 1.82) is 0 Å². The largest absolute Gasteiger partial charge is 0.308 e. The van der Waals surface area contributed by atoms with Crippen LogP contribution in [-0.2, 0) is 6.54 Å². The Morgan fingerprint density at radius 3 is 3.00 bits per heavy atom. The zero-order chi connectivity index (χ0) is 11.5. The molecule has 16 heavy (non-hydrogen) atoms. The molecule has 2 heterocycles. The van der Waals surface area contributed by atoms with Crippen molar-refractivity contribution in [2.24, 2.45) is 0 Å². The molecule has 0 saturated carbocycles. The van der Waals surface area contributed by atoms with E-state index in [4.69, 9.17) is 0 Å². The van der Waals surface area contributed by atoms with E-state index in [1.807, 2.05) is 6.20 Å². The van der Waals surface area contributed by atoms with E-state index in [9.17, 15) is 0 Å². The number of H-pyrrole nitrogens is 1. The molecule has 0 spiro atoms. The quantitative estimate of drug-likeness (QED) is 0.807. The molecule has 1 fully saturated rings. The van der Waals surface area contributed by atoms with E-state index in [2.05, 4.69) is 41.2 Å². The Morgan fingerprint density at radius 1 is 1.62 bits per heavy atom. The van der Waals surface area contributed by atoms with Crippen LogP contribution in [0.5, 0.6) is 0 Å². The second-order valence-corrected chi connectivity index (χ2v) is 4.98. The topological polar surface area (TPSA) is 44.0 Å². The first-order valence-corrected chi connectivity index (χ1v) is 6.13. The minimum atomic E-state index is 0.636. The Labute approximate surface area is 97.4 Å². The molecule has 2 N–H and O–H groups in total. The van der Waals surface area contributed by atoms with Crippen LogP contribution in [0.25, 0.3) is 0 Å². The van der Waals surface area contributed by atoms with Crippen LogP contribution in [0.4, 0.5) is 0 Å². The molecular weight excluding hydrogens is 200 g/mol. The lowest BCUT2D eigenvalue weighted by atomic mass is 10.2. The van der Waals surface area contributed by atoms with Gasteiger partial charge in [-0.3, -0.25) is 10.00 Å². The molecule has 0 radical (unpaired) electrons. The van der Waals surface area contributed by atoms with Gasteiger partial charge in [-0.25, -0.2) is 0 Å². The highest BCUT2D eigenvalue weighted by atomic mass is 15.2. The zero-order valence-corrected chi connectivity index (χ0v) is 10.5. The number of nitrogens with one attached hydrogen (secondary N) is 2. The molecule has 1 unspecified atom stereocenters. The number of aromatic nitrogens is 2. The van der Waals surface area contributed by atoms with E-state index >= 15 is 0 Å². The number of nitrogens with zero attached hydrogens (tertiary/aromatic N) is 2. The van der Waals surface area contributed by atoms with Gasteiger partial charge in [0.05, 0.1) is 6.20 Å². The summed E-state index contributed by atoms with van der Waals surface area (Å²) >= 11 is 0. The average molecular weight is 222 g/mol. The van der Waals surface area contributed by atoms with Crippen LogP contribution in [0.15, 0.2) is 6.20 Å². The molecule has 0 aromatic carbocycles. The van der Waals surface area contributed by atoms with Crippen molar-refractivity contribution < 1.29 is 0 Å². The van der Waals surface area contributed by atoms with E-state index in [1.54, 1.807) is 0 Å². The molecule has 1 atom stereocenters. The van der Waals surface area contributed by atoms with Gasteiger partial charge in [0.25, 0.3) is 0 Å². The van der Waals surface area contributed by atoms with Gasteiger partial charge in [0.15, 0.2) is 0 Å². The third-order valence-corrected chi connectivity index (χ3v) is 3.47. The van der Waals surface area contributed by atoms with Crippen LogP contribution in [0.1, 0.15) is 31.5 Å². The normalized spacial score (nSPS) is 22.1. The third kappa shape index (κ3) is 2.62. The van der Waals surface area contributed by atoms with Gasteiger partial charge in [-0.05, 0) is 33.7 Å². The molecule has 0 aliphatic carbocycles. The lowest BCUT2D eigenvalue weighted by Crippen LogP contribution is -2.34. The van der Waals surface area contributed by atoms with Crippen molar-refractivity contribution in [1.82, 2.24) is 20.4 Å². The standard InChI is InChI=1S/C12H22N4/c1-9(2)16-5-4-12(8-16)13-6-11-7-14-15-10(11)3/h7,9,12-13H,4-6,8H2,1-3H3,(H,14,15). The number of rotatable bonds is 4. The number of aromatic amines is 1. The van der Waals surface area contributed by atoms with Crippen LogP contribution in [0.3, 0.4) is 0 Å². The van der Waals surface area contributed by atoms with Crippen LogP contribution in [0, 0.1) is 6.92 Å². The van der Waals surface area contributed by atoms with Crippen molar-refractivity contribution in [2.45, 2.75) is 45.8 Å². The molecule has 4 nitrogen and oxygen atoms in total. The smallest absolute Gasteiger partial charge is 0.0535 e. The summed E-state index contributed by atoms with van der Waals surface area (Å²) in [7, 11) is 0. The maximum atomic E-state index is 4.03. The highest BCUT2D eigenvalue weighted by molar-refractivity contribution is 5.14. The van der Waals surface area contributed by atoms with Crippen molar-refractivity contribution in [3.05, 3.63) is 17.5 Å². The van der Waals surface area contributed by atoms with Gasteiger partial charge >= 0.3 is 0 Å². The summed E-state index contributed by atoms with van der Waals surface area (Å²) < 4.78 is 0. The fraction of sp³-hybridized carbons (Fsp3) is 0.750. The van der Waals surface area contributed by atoms with E-state index in [0.717, 1.165) is 6.54 Å². The maximum Gasteiger partial charge on any atom is 0.0535 e. The van der Waals surface area contributed by atoms with E-state index in [-0.39, 0.29) is 0 Å². The summed E-state index contributed by atoms with van der Waals surface area (Å²) in [4.78, 5) is 2.53. The second-order valence-electron chi connectivity index (χ2n) is 4.98. The second kappa shape index (κ2) is 4.97. The fourth-order valence-electron chi connectivity index (χ4n) is 2.23. The molecule has 1 aromatic rings. The predicted molar refractivity (Wildman–Crippen MR) is 65.3 cm³/mol. The molecule has 90 valence electrons. The number of aryl methyl sites for hydroxylation is 1. The first-order valence-electron chi connectivity index (χ1n) is 6.13. The average Bonchev–Trinajstić information content (AvgIpc) is 2.83. The van der Waals surface area contributed by atoms with Gasteiger partial charge in [-0.15, -0.1) is 0 Å². The predicted octanol–water partition coefficient (Wildman–Crippen LogP) is 1.29. The zero-order valence-electron chi connectivity index (χ0n) is 10.5. The van der Waals surface area contributed by atoms with E-state index < -0.39 is 0 Å². The minimum Gasteiger partial charge on any atom is -0.308 e. The summed E-state index contributed by atoms with van der Waals surface area (Å²) in [6.45, 7) is 9.93. The van der Waals surface area contributed by atoms with Gasteiger partial charge in [-0.1, -0.05) is 0 Å². The third-order valence-electron chi connectivity index (χ3n) is 3.47. The fourth-order valence-corrected chi connectivity index (χ4v) is 2.23. The Balaban J connectivity index is 1.78. The molecule has 2 rings (SSSR count). The molecule has 4 heteroatoms. The number of likely N-dealkylation sites (tertiary alicyclic amines) is 1. The summed E-state index contributed by atoms with van der Waals surface area (Å²) in [5.41, 5.74) is 2.45. The Hall–Kier alpha value is -0.870. The summed E-state index contributed by atoms with van der Waals surface area (Å²) in [6, 6.07) is 1.30. The Kier molecular flexibility index (Phi) is 3.61. The van der Waals surface area contributed by atoms with Crippen molar-refractivity contribution in [2.75, 3.05) is 13.1 Å². The van der Waals surface area contributed by atoms with Gasteiger partial charge in [0, 0.05) is 36.4 Å². The molecule has 1 saturated heterocycles. The Bertz CT molecular complexity index is 332. The van der Waals surface area contributed by atoms with E-state index in [0.29, 0.717) is 12.1 Å². The first kappa shape index (κ1) is 11.6. The van der Waals surface area contributed by atoms with Crippen molar-refractivity contribution >= 4 is 0 Å². The van der Waals surface area contributed by atoms with Gasteiger partial charge < -0.3 is 5.32 Å². The monoisotopic (exact) mass is 222 g/mol. The lowest BCUT2D eigenvalue weighted by Gasteiger charge is -2.20. The minimum absolute atomic E-state index is 0.636. The molecule has 1 aliphatic heterocycles.